The molecule has 0 aromatic heterocycles. The topological polar surface area (TPSA) is 66.5 Å². The number of aliphatic hydroxyl groups is 2. The van der Waals surface area contributed by atoms with Crippen molar-refractivity contribution in [2.75, 3.05) is 0 Å². The van der Waals surface area contributed by atoms with Crippen LogP contribution in [0.2, 0.25) is 0 Å². The van der Waals surface area contributed by atoms with Crippen LogP contribution in [0.4, 0.5) is 0 Å². The summed E-state index contributed by atoms with van der Waals surface area (Å²) >= 11 is 0. The second kappa shape index (κ2) is 2.64. The highest BCUT2D eigenvalue weighted by atomic mass is 16.3. The number of nitrogens with two attached hydrogens (primary N) is 1. The Bertz CT molecular complexity index is 97.1. The first kappa shape index (κ1) is 6.99. The third-order valence-electron chi connectivity index (χ3n) is 1.82. The molecule has 1 fully saturated rings. The Kier molecular flexibility index (Phi) is 2.05. The van der Waals surface area contributed by atoms with Gasteiger partial charge in [0.05, 0.1) is 12.2 Å². The first-order valence-corrected chi connectivity index (χ1v) is 3.32. The van der Waals surface area contributed by atoms with Crippen molar-refractivity contribution in [1.82, 2.24) is 0 Å². The van der Waals surface area contributed by atoms with Gasteiger partial charge < -0.3 is 15.9 Å². The third kappa shape index (κ3) is 1.64. The summed E-state index contributed by atoms with van der Waals surface area (Å²) < 4.78 is 0. The van der Waals surface area contributed by atoms with Crippen molar-refractivity contribution >= 4 is 0 Å². The molecule has 0 aromatic rings. The molecule has 0 spiro atoms. The Hall–Kier alpha value is -0.120. The number of hydrogen-bond donors (Lipinski definition) is 3. The molecular weight excluding hydrogens is 118 g/mol. The normalized spacial score (nSPS) is 45.0. The van der Waals surface area contributed by atoms with Crippen molar-refractivity contribution in [1.29, 1.82) is 0 Å². The maximum atomic E-state index is 9.02. The van der Waals surface area contributed by atoms with E-state index in [9.17, 15) is 0 Å². The molecule has 1 saturated carbocycles. The van der Waals surface area contributed by atoms with Gasteiger partial charge in [-0.2, -0.15) is 0 Å². The first-order valence-electron chi connectivity index (χ1n) is 3.32. The molecule has 3 heteroatoms. The molecule has 0 aromatic carbocycles. The smallest absolute Gasteiger partial charge is 0.0813 e. The molecule has 1 rings (SSSR count). The average molecular weight is 131 g/mol. The molecule has 4 N–H and O–H groups in total. The fraction of sp³-hybridized carbons (Fsp3) is 1.00. The molecule has 0 amide bonds. The second-order valence-corrected chi connectivity index (χ2v) is 2.71. The molecule has 0 saturated heterocycles. The van der Waals surface area contributed by atoms with E-state index in [1.807, 2.05) is 0 Å². The molecule has 54 valence electrons. The van der Waals surface area contributed by atoms with Gasteiger partial charge in [-0.1, -0.05) is 0 Å². The largest absolute Gasteiger partial charge is 0.390 e. The van der Waals surface area contributed by atoms with E-state index in [0.717, 1.165) is 6.42 Å². The molecule has 9 heavy (non-hydrogen) atoms. The Morgan fingerprint density at radius 1 is 1.11 bits per heavy atom. The molecular formula is C6H13NO2. The Labute approximate surface area is 54.5 Å². The van der Waals surface area contributed by atoms with Crippen molar-refractivity contribution in [2.45, 2.75) is 37.5 Å². The summed E-state index contributed by atoms with van der Waals surface area (Å²) in [5.74, 6) is 0. The van der Waals surface area contributed by atoms with Gasteiger partial charge in [0.1, 0.15) is 0 Å². The van der Waals surface area contributed by atoms with E-state index >= 15 is 0 Å². The fourth-order valence-electron chi connectivity index (χ4n) is 1.16. The first-order chi connectivity index (χ1) is 4.20. The standard InChI is InChI=1S/C6H13NO2/c7-4-1-2-5(8)6(9)3-4/h4-6,8-9H,1-3,7H2/t4-,5+,6-/m1/s1. The van der Waals surface area contributed by atoms with Gasteiger partial charge in [0.15, 0.2) is 0 Å². The van der Waals surface area contributed by atoms with Crippen molar-refractivity contribution in [3.63, 3.8) is 0 Å². The molecule has 0 bridgehead atoms. The van der Waals surface area contributed by atoms with Gasteiger partial charge in [-0.15, -0.1) is 0 Å². The summed E-state index contributed by atoms with van der Waals surface area (Å²) in [6.07, 6.45) is 0.889. The maximum absolute atomic E-state index is 9.02. The highest BCUT2D eigenvalue weighted by molar-refractivity contribution is 4.80. The number of hydrogen-bond acceptors (Lipinski definition) is 3. The zero-order chi connectivity index (χ0) is 6.85. The van der Waals surface area contributed by atoms with Gasteiger partial charge in [-0.25, -0.2) is 0 Å². The quantitative estimate of drug-likeness (QED) is 0.404. The lowest BCUT2D eigenvalue weighted by atomic mass is 9.91. The van der Waals surface area contributed by atoms with E-state index in [4.69, 9.17) is 15.9 Å². The highest BCUT2D eigenvalue weighted by Crippen LogP contribution is 2.16. The van der Waals surface area contributed by atoms with Gasteiger partial charge >= 0.3 is 0 Å². The highest BCUT2D eigenvalue weighted by Gasteiger charge is 2.24. The van der Waals surface area contributed by atoms with Crippen molar-refractivity contribution in [3.8, 4) is 0 Å². The van der Waals surface area contributed by atoms with Crippen LogP contribution < -0.4 is 5.73 Å². The zero-order valence-electron chi connectivity index (χ0n) is 5.33. The molecule has 0 heterocycles. The van der Waals surface area contributed by atoms with Crippen molar-refractivity contribution in [3.05, 3.63) is 0 Å². The summed E-state index contributed by atoms with van der Waals surface area (Å²) in [5.41, 5.74) is 5.52. The van der Waals surface area contributed by atoms with E-state index < -0.39 is 12.2 Å². The van der Waals surface area contributed by atoms with Crippen LogP contribution in [0.1, 0.15) is 19.3 Å². The van der Waals surface area contributed by atoms with Crippen molar-refractivity contribution in [2.24, 2.45) is 5.73 Å². The SMILES string of the molecule is N[C@@H]1CC[C@H](O)[C@H](O)C1. The molecule has 1 aliphatic carbocycles. The number of rotatable bonds is 0. The Morgan fingerprint density at radius 2 is 1.78 bits per heavy atom. The van der Waals surface area contributed by atoms with Gasteiger partial charge in [0, 0.05) is 6.04 Å². The minimum atomic E-state index is -0.589. The predicted molar refractivity (Wildman–Crippen MR) is 33.8 cm³/mol. The number of aliphatic hydroxyl groups excluding tert-OH is 2. The summed E-state index contributed by atoms with van der Waals surface area (Å²) in [5, 5.41) is 18.0. The molecule has 0 aliphatic heterocycles. The van der Waals surface area contributed by atoms with Crippen LogP contribution in [0.5, 0.6) is 0 Å². The minimum absolute atomic E-state index is 0.0865. The molecule has 0 unspecified atom stereocenters. The van der Waals surface area contributed by atoms with Gasteiger partial charge in [-0.3, -0.25) is 0 Å². The summed E-state index contributed by atoms with van der Waals surface area (Å²) in [7, 11) is 0. The molecule has 3 nitrogen and oxygen atoms in total. The van der Waals surface area contributed by atoms with Crippen LogP contribution in [-0.2, 0) is 0 Å². The monoisotopic (exact) mass is 131 g/mol. The van der Waals surface area contributed by atoms with Gasteiger partial charge in [-0.05, 0) is 19.3 Å². The van der Waals surface area contributed by atoms with E-state index in [1.165, 1.54) is 0 Å². The lowest BCUT2D eigenvalue weighted by Gasteiger charge is -2.27. The zero-order valence-corrected chi connectivity index (χ0v) is 5.33. The minimum Gasteiger partial charge on any atom is -0.390 e. The third-order valence-corrected chi connectivity index (χ3v) is 1.82. The Morgan fingerprint density at radius 3 is 2.22 bits per heavy atom. The molecule has 1 aliphatic rings. The lowest BCUT2D eigenvalue weighted by molar-refractivity contribution is -0.0140. The fourth-order valence-corrected chi connectivity index (χ4v) is 1.16. The lowest BCUT2D eigenvalue weighted by Crippen LogP contribution is -2.39. The van der Waals surface area contributed by atoms with E-state index in [1.54, 1.807) is 0 Å². The van der Waals surface area contributed by atoms with E-state index in [-0.39, 0.29) is 6.04 Å². The summed E-state index contributed by atoms with van der Waals surface area (Å²) in [6, 6.07) is 0.0865. The predicted octanol–water partition coefficient (Wildman–Crippen LogP) is -0.781. The maximum Gasteiger partial charge on any atom is 0.0813 e. The van der Waals surface area contributed by atoms with Crippen molar-refractivity contribution < 1.29 is 10.2 Å². The van der Waals surface area contributed by atoms with Crippen LogP contribution in [0, 0.1) is 0 Å². The van der Waals surface area contributed by atoms with E-state index in [2.05, 4.69) is 0 Å². The average Bonchev–Trinajstić information content (AvgIpc) is 1.80. The van der Waals surface area contributed by atoms with Crippen LogP contribution >= 0.6 is 0 Å². The second-order valence-electron chi connectivity index (χ2n) is 2.71. The van der Waals surface area contributed by atoms with Gasteiger partial charge in [0.25, 0.3) is 0 Å². The molecule has 0 radical (unpaired) electrons. The van der Waals surface area contributed by atoms with Crippen LogP contribution in [-0.4, -0.2) is 28.5 Å². The van der Waals surface area contributed by atoms with Crippen LogP contribution in [0.3, 0.4) is 0 Å². The summed E-state index contributed by atoms with van der Waals surface area (Å²) in [6.45, 7) is 0. The summed E-state index contributed by atoms with van der Waals surface area (Å²) in [4.78, 5) is 0. The molecule has 3 atom stereocenters. The van der Waals surface area contributed by atoms with E-state index in [0.29, 0.717) is 12.8 Å². The van der Waals surface area contributed by atoms with Crippen LogP contribution in [0.25, 0.3) is 0 Å². The Balaban J connectivity index is 2.35. The van der Waals surface area contributed by atoms with Crippen LogP contribution in [0.15, 0.2) is 0 Å². The van der Waals surface area contributed by atoms with Gasteiger partial charge in [0.2, 0.25) is 0 Å².